The van der Waals surface area contributed by atoms with Crippen molar-refractivity contribution in [3.63, 3.8) is 0 Å². The molecule has 2 amide bonds. The van der Waals surface area contributed by atoms with Crippen LogP contribution in [-0.4, -0.2) is 58.4 Å². The first kappa shape index (κ1) is 16.8. The monoisotopic (exact) mass is 342 g/mol. The number of rotatable bonds is 6. The zero-order chi connectivity index (χ0) is 15.9. The minimum Gasteiger partial charge on any atom is -0.481 e. The maximum absolute atomic E-state index is 12.2. The quantitative estimate of drug-likeness (QED) is 0.813. The molecule has 1 aromatic rings. The third-order valence-corrected chi connectivity index (χ3v) is 5.14. The second-order valence-corrected chi connectivity index (χ2v) is 6.86. The first-order valence-electron chi connectivity index (χ1n) is 6.97. The van der Waals surface area contributed by atoms with Gasteiger partial charge in [0.25, 0.3) is 5.91 Å². The van der Waals surface area contributed by atoms with Crippen molar-refractivity contribution in [2.45, 2.75) is 18.9 Å². The van der Waals surface area contributed by atoms with E-state index in [0.717, 1.165) is 5.75 Å². The molecule has 0 bridgehead atoms. The smallest absolute Gasteiger partial charge is 0.305 e. The van der Waals surface area contributed by atoms with Gasteiger partial charge in [-0.1, -0.05) is 0 Å². The summed E-state index contributed by atoms with van der Waals surface area (Å²) < 4.78 is 0. The third kappa shape index (κ3) is 4.74. The van der Waals surface area contributed by atoms with Crippen LogP contribution < -0.4 is 5.32 Å². The molecule has 2 rings (SSSR count). The first-order chi connectivity index (χ1) is 10.6. The lowest BCUT2D eigenvalue weighted by molar-refractivity contribution is -0.140. The summed E-state index contributed by atoms with van der Waals surface area (Å²) in [4.78, 5) is 36.5. The van der Waals surface area contributed by atoms with E-state index < -0.39 is 5.97 Å². The predicted molar refractivity (Wildman–Crippen MR) is 86.3 cm³/mol. The average Bonchev–Trinajstić information content (AvgIpc) is 3.01. The highest BCUT2D eigenvalue weighted by Crippen LogP contribution is 2.19. The van der Waals surface area contributed by atoms with Crippen molar-refractivity contribution in [3.8, 4) is 0 Å². The standard InChI is InChI=1S/C14H18N2O4S2/c17-12(1-3-15-14(20)10-2-5-21-8-10)16-4-6-22-9-11(16)7-13(18)19/h2,5,8,11H,1,3-4,6-7,9H2,(H,15,20)(H,18,19). The summed E-state index contributed by atoms with van der Waals surface area (Å²) in [6, 6.07) is 1.48. The molecule has 1 aliphatic rings. The molecular formula is C14H18N2O4S2. The van der Waals surface area contributed by atoms with Crippen LogP contribution in [0.1, 0.15) is 23.2 Å². The number of thiophene rings is 1. The summed E-state index contributed by atoms with van der Waals surface area (Å²) in [7, 11) is 0. The molecule has 8 heteroatoms. The first-order valence-corrected chi connectivity index (χ1v) is 9.07. The van der Waals surface area contributed by atoms with Crippen LogP contribution in [0.15, 0.2) is 16.8 Å². The van der Waals surface area contributed by atoms with Gasteiger partial charge in [-0.15, -0.1) is 0 Å². The summed E-state index contributed by atoms with van der Waals surface area (Å²) in [6.45, 7) is 0.830. The second kappa shape index (κ2) is 8.19. The fraction of sp³-hybridized carbons (Fsp3) is 0.500. The van der Waals surface area contributed by atoms with E-state index in [1.807, 2.05) is 5.38 Å². The molecule has 2 N–H and O–H groups in total. The number of carbonyl (C=O) groups excluding carboxylic acids is 2. The van der Waals surface area contributed by atoms with Gasteiger partial charge in [0.2, 0.25) is 5.91 Å². The van der Waals surface area contributed by atoms with Crippen LogP contribution in [0, 0.1) is 0 Å². The van der Waals surface area contributed by atoms with Crippen molar-refractivity contribution in [3.05, 3.63) is 22.4 Å². The third-order valence-electron chi connectivity index (χ3n) is 3.37. The van der Waals surface area contributed by atoms with Gasteiger partial charge in [-0.25, -0.2) is 0 Å². The molecular weight excluding hydrogens is 324 g/mol. The molecule has 1 fully saturated rings. The van der Waals surface area contributed by atoms with E-state index in [9.17, 15) is 14.4 Å². The fourth-order valence-corrected chi connectivity index (χ4v) is 3.97. The van der Waals surface area contributed by atoms with E-state index in [4.69, 9.17) is 5.11 Å². The van der Waals surface area contributed by atoms with Gasteiger partial charge in [0.05, 0.1) is 12.5 Å². The number of amides is 2. The summed E-state index contributed by atoms with van der Waals surface area (Å²) in [6.07, 6.45) is 0.163. The van der Waals surface area contributed by atoms with Crippen LogP contribution in [-0.2, 0) is 9.59 Å². The highest BCUT2D eigenvalue weighted by atomic mass is 32.2. The van der Waals surface area contributed by atoms with Gasteiger partial charge < -0.3 is 15.3 Å². The Hall–Kier alpha value is -1.54. The number of nitrogens with zero attached hydrogens (tertiary/aromatic N) is 1. The Morgan fingerprint density at radius 1 is 1.41 bits per heavy atom. The molecule has 0 saturated carbocycles. The van der Waals surface area contributed by atoms with Crippen LogP contribution in [0.3, 0.4) is 0 Å². The molecule has 1 unspecified atom stereocenters. The number of nitrogens with one attached hydrogen (secondary N) is 1. The maximum Gasteiger partial charge on any atom is 0.305 e. The highest BCUT2D eigenvalue weighted by Gasteiger charge is 2.28. The van der Waals surface area contributed by atoms with Crippen LogP contribution in [0.25, 0.3) is 0 Å². The largest absolute Gasteiger partial charge is 0.481 e. The minimum atomic E-state index is -0.893. The lowest BCUT2D eigenvalue weighted by atomic mass is 10.2. The maximum atomic E-state index is 12.2. The van der Waals surface area contributed by atoms with Crippen LogP contribution in [0.2, 0.25) is 0 Å². The molecule has 1 atom stereocenters. The van der Waals surface area contributed by atoms with Crippen molar-refractivity contribution >= 4 is 40.9 Å². The highest BCUT2D eigenvalue weighted by molar-refractivity contribution is 7.99. The number of thioether (sulfide) groups is 1. The molecule has 0 spiro atoms. The number of carboxylic acids is 1. The van der Waals surface area contributed by atoms with Crippen molar-refractivity contribution in [2.75, 3.05) is 24.6 Å². The molecule has 1 saturated heterocycles. The Bertz CT molecular complexity index is 533. The molecule has 1 aliphatic heterocycles. The van der Waals surface area contributed by atoms with Gasteiger partial charge in [-0.05, 0) is 11.4 Å². The number of aliphatic carboxylic acids is 1. The lowest BCUT2D eigenvalue weighted by Gasteiger charge is -2.34. The Morgan fingerprint density at radius 2 is 2.23 bits per heavy atom. The summed E-state index contributed by atoms with van der Waals surface area (Å²) in [5.41, 5.74) is 0.593. The van der Waals surface area contributed by atoms with Crippen molar-refractivity contribution in [1.29, 1.82) is 0 Å². The summed E-state index contributed by atoms with van der Waals surface area (Å²) in [5, 5.41) is 15.2. The zero-order valence-corrected chi connectivity index (χ0v) is 13.6. The summed E-state index contributed by atoms with van der Waals surface area (Å²) in [5.74, 6) is 0.293. The second-order valence-electron chi connectivity index (χ2n) is 4.93. The molecule has 2 heterocycles. The van der Waals surface area contributed by atoms with Crippen molar-refractivity contribution in [2.24, 2.45) is 0 Å². The number of hydrogen-bond donors (Lipinski definition) is 2. The molecule has 0 aliphatic carbocycles. The predicted octanol–water partition coefficient (Wildman–Crippen LogP) is 1.29. The van der Waals surface area contributed by atoms with Crippen LogP contribution >= 0.6 is 23.1 Å². The van der Waals surface area contributed by atoms with Crippen LogP contribution in [0.4, 0.5) is 0 Å². The molecule has 120 valence electrons. The molecule has 0 radical (unpaired) electrons. The molecule has 0 aromatic carbocycles. The van der Waals surface area contributed by atoms with E-state index in [2.05, 4.69) is 5.32 Å². The fourth-order valence-electron chi connectivity index (χ4n) is 2.28. The molecule has 22 heavy (non-hydrogen) atoms. The lowest BCUT2D eigenvalue weighted by Crippen LogP contribution is -2.47. The van der Waals surface area contributed by atoms with Crippen LogP contribution in [0.5, 0.6) is 0 Å². The topological polar surface area (TPSA) is 86.7 Å². The number of hydrogen-bond acceptors (Lipinski definition) is 5. The SMILES string of the molecule is O=C(O)CC1CSCCN1C(=O)CCNC(=O)c1ccsc1. The van der Waals surface area contributed by atoms with Crippen molar-refractivity contribution in [1.82, 2.24) is 10.2 Å². The van der Waals surface area contributed by atoms with Gasteiger partial charge in [-0.3, -0.25) is 14.4 Å². The van der Waals surface area contributed by atoms with E-state index in [1.54, 1.807) is 28.1 Å². The number of carbonyl (C=O) groups is 3. The van der Waals surface area contributed by atoms with E-state index in [-0.39, 0.29) is 37.2 Å². The Kier molecular flexibility index (Phi) is 6.26. The van der Waals surface area contributed by atoms with Gasteiger partial charge >= 0.3 is 5.97 Å². The van der Waals surface area contributed by atoms with Gasteiger partial charge in [0.1, 0.15) is 0 Å². The van der Waals surface area contributed by atoms with Crippen molar-refractivity contribution < 1.29 is 19.5 Å². The van der Waals surface area contributed by atoms with E-state index in [0.29, 0.717) is 17.9 Å². The minimum absolute atomic E-state index is 0.0278. The van der Waals surface area contributed by atoms with Gasteiger partial charge in [0.15, 0.2) is 0 Å². The Morgan fingerprint density at radius 3 is 2.91 bits per heavy atom. The molecule has 6 nitrogen and oxygen atoms in total. The van der Waals surface area contributed by atoms with E-state index >= 15 is 0 Å². The summed E-state index contributed by atoms with van der Waals surface area (Å²) >= 11 is 3.11. The van der Waals surface area contributed by atoms with Gasteiger partial charge in [-0.2, -0.15) is 23.1 Å². The van der Waals surface area contributed by atoms with E-state index in [1.165, 1.54) is 11.3 Å². The Balaban J connectivity index is 1.80. The van der Waals surface area contributed by atoms with Gasteiger partial charge in [0, 0.05) is 42.0 Å². The molecule has 1 aromatic heterocycles. The zero-order valence-electron chi connectivity index (χ0n) is 12.0. The Labute approximate surface area is 136 Å². The normalized spacial score (nSPS) is 18.0. The average molecular weight is 342 g/mol. The number of carboxylic acid groups (broad SMARTS) is 1.